The molecular weight excluding hydrogens is 194 g/mol. The van der Waals surface area contributed by atoms with Gasteiger partial charge in [0.15, 0.2) is 0 Å². The predicted octanol–water partition coefficient (Wildman–Crippen LogP) is 4.29. The number of nitrogens with two attached hydrogens (primary N) is 1. The van der Waals surface area contributed by atoms with E-state index >= 15 is 0 Å². The van der Waals surface area contributed by atoms with E-state index in [1.807, 2.05) is 27.7 Å². The minimum absolute atomic E-state index is 0.821. The van der Waals surface area contributed by atoms with Gasteiger partial charge in [-0.3, -0.25) is 0 Å². The van der Waals surface area contributed by atoms with Gasteiger partial charge in [0.05, 0.1) is 0 Å². The molecule has 1 rings (SSSR count). The highest BCUT2D eigenvalue weighted by Gasteiger charge is 2.04. The molecule has 0 bridgehead atoms. The molecule has 0 saturated heterocycles. The molecule has 0 aliphatic heterocycles. The van der Waals surface area contributed by atoms with Crippen molar-refractivity contribution >= 4 is 5.57 Å². The molecule has 0 aliphatic rings. The Hall–Kier alpha value is -1.50. The Kier molecular flexibility index (Phi) is 6.24. The summed E-state index contributed by atoms with van der Waals surface area (Å²) in [5.74, 6) is 0. The molecule has 0 aliphatic carbocycles. The maximum Gasteiger partial charge on any atom is 0.0131 e. The van der Waals surface area contributed by atoms with Gasteiger partial charge in [-0.1, -0.05) is 50.3 Å². The van der Waals surface area contributed by atoms with Crippen molar-refractivity contribution in [3.05, 3.63) is 53.2 Å². The monoisotopic (exact) mass is 217 g/mol. The van der Waals surface area contributed by atoms with Crippen molar-refractivity contribution in [2.75, 3.05) is 0 Å². The van der Waals surface area contributed by atoms with Crippen molar-refractivity contribution in [1.29, 1.82) is 0 Å². The van der Waals surface area contributed by atoms with Gasteiger partial charge in [-0.15, -0.1) is 0 Å². The molecule has 0 spiro atoms. The Balaban J connectivity index is 0.00000106. The first-order valence-corrected chi connectivity index (χ1v) is 5.71. The number of hydrogen-bond donors (Lipinski definition) is 1. The Labute approximate surface area is 99.7 Å². The lowest BCUT2D eigenvalue weighted by molar-refractivity contribution is 1.29. The molecule has 1 aromatic carbocycles. The normalized spacial score (nSPS) is 11.1. The molecule has 0 aromatic heterocycles. The van der Waals surface area contributed by atoms with Crippen LogP contribution in [0.5, 0.6) is 0 Å². The first-order valence-electron chi connectivity index (χ1n) is 5.71. The van der Waals surface area contributed by atoms with Gasteiger partial charge in [0.25, 0.3) is 0 Å². The van der Waals surface area contributed by atoms with Crippen LogP contribution in [0.4, 0.5) is 0 Å². The average molecular weight is 217 g/mol. The van der Waals surface area contributed by atoms with Crippen LogP contribution < -0.4 is 5.73 Å². The second-order valence-corrected chi connectivity index (χ2v) is 3.70. The highest BCUT2D eigenvalue weighted by atomic mass is 14.6. The summed E-state index contributed by atoms with van der Waals surface area (Å²) in [6.07, 6.45) is 0. The summed E-state index contributed by atoms with van der Waals surface area (Å²) in [5, 5.41) is 0. The van der Waals surface area contributed by atoms with Crippen molar-refractivity contribution in [2.45, 2.75) is 34.6 Å². The van der Waals surface area contributed by atoms with E-state index in [0.717, 1.165) is 22.4 Å². The first-order chi connectivity index (χ1) is 7.52. The average Bonchev–Trinajstić information content (AvgIpc) is 2.23. The lowest BCUT2D eigenvalue weighted by atomic mass is 9.97. The minimum atomic E-state index is 0.821. The first kappa shape index (κ1) is 14.5. The van der Waals surface area contributed by atoms with Gasteiger partial charge in [-0.2, -0.15) is 0 Å². The third-order valence-corrected chi connectivity index (χ3v) is 2.16. The molecule has 1 aromatic rings. The Bertz CT molecular complexity index is 365. The quantitative estimate of drug-likeness (QED) is 0.735. The molecule has 88 valence electrons. The van der Waals surface area contributed by atoms with E-state index in [-0.39, 0.29) is 0 Å². The molecule has 0 radical (unpaired) electrons. The second kappa shape index (κ2) is 6.89. The van der Waals surface area contributed by atoms with Crippen LogP contribution in [0.15, 0.2) is 42.1 Å². The summed E-state index contributed by atoms with van der Waals surface area (Å²) in [7, 11) is 0. The zero-order valence-electron chi connectivity index (χ0n) is 11.1. The van der Waals surface area contributed by atoms with Gasteiger partial charge >= 0.3 is 0 Å². The van der Waals surface area contributed by atoms with Gasteiger partial charge in [0.1, 0.15) is 0 Å². The lowest BCUT2D eigenvalue weighted by Gasteiger charge is -2.09. The highest BCUT2D eigenvalue weighted by Crippen LogP contribution is 2.23. The largest absolute Gasteiger partial charge is 0.402 e. The van der Waals surface area contributed by atoms with Gasteiger partial charge < -0.3 is 5.73 Å². The van der Waals surface area contributed by atoms with E-state index in [1.54, 1.807) is 0 Å². The number of allylic oxidation sites excluding steroid dienone is 3. The third kappa shape index (κ3) is 3.93. The number of aryl methyl sites for hydroxylation is 1. The molecule has 0 heterocycles. The molecule has 0 amide bonds. The van der Waals surface area contributed by atoms with Crippen molar-refractivity contribution in [2.24, 2.45) is 5.73 Å². The number of rotatable bonds is 2. The molecule has 0 saturated carbocycles. The van der Waals surface area contributed by atoms with Crippen LogP contribution in [-0.4, -0.2) is 0 Å². The summed E-state index contributed by atoms with van der Waals surface area (Å²) in [6, 6.07) is 8.33. The predicted molar refractivity (Wildman–Crippen MR) is 74.1 cm³/mol. The fourth-order valence-corrected chi connectivity index (χ4v) is 1.53. The van der Waals surface area contributed by atoms with Crippen LogP contribution in [0.3, 0.4) is 0 Å². The maximum absolute atomic E-state index is 5.83. The summed E-state index contributed by atoms with van der Waals surface area (Å²) in [6.45, 7) is 13.9. The number of hydrogen-bond acceptors (Lipinski definition) is 1. The highest BCUT2D eigenvalue weighted by molar-refractivity contribution is 5.79. The van der Waals surface area contributed by atoms with Crippen molar-refractivity contribution in [1.82, 2.24) is 0 Å². The van der Waals surface area contributed by atoms with E-state index in [0.29, 0.717) is 0 Å². The molecule has 1 nitrogen and oxygen atoms in total. The second-order valence-electron chi connectivity index (χ2n) is 3.70. The summed E-state index contributed by atoms with van der Waals surface area (Å²) < 4.78 is 0. The fraction of sp³-hybridized carbons (Fsp3) is 0.333. The van der Waals surface area contributed by atoms with Crippen LogP contribution >= 0.6 is 0 Å². The van der Waals surface area contributed by atoms with E-state index < -0.39 is 0 Å². The van der Waals surface area contributed by atoms with Crippen LogP contribution in [0.25, 0.3) is 5.57 Å². The van der Waals surface area contributed by atoms with Crippen molar-refractivity contribution in [3.8, 4) is 0 Å². The molecule has 0 atom stereocenters. The smallest absolute Gasteiger partial charge is 0.0131 e. The number of benzene rings is 1. The van der Waals surface area contributed by atoms with Gasteiger partial charge in [0, 0.05) is 11.3 Å². The molecule has 2 N–H and O–H groups in total. The molecular formula is C15H23N. The molecule has 0 unspecified atom stereocenters. The summed E-state index contributed by atoms with van der Waals surface area (Å²) in [5.41, 5.74) is 11.1. The topological polar surface area (TPSA) is 26.0 Å². The third-order valence-electron chi connectivity index (χ3n) is 2.16. The Morgan fingerprint density at radius 3 is 1.81 bits per heavy atom. The molecule has 1 heteroatoms. The summed E-state index contributed by atoms with van der Waals surface area (Å²) >= 11 is 0. The lowest BCUT2D eigenvalue weighted by Crippen LogP contribution is -1.98. The van der Waals surface area contributed by atoms with Gasteiger partial charge in [-0.05, 0) is 31.9 Å². The van der Waals surface area contributed by atoms with Gasteiger partial charge in [-0.25, -0.2) is 0 Å². The Morgan fingerprint density at radius 1 is 1.06 bits per heavy atom. The molecule has 16 heavy (non-hydrogen) atoms. The zero-order valence-corrected chi connectivity index (χ0v) is 11.1. The molecule has 0 fully saturated rings. The Morgan fingerprint density at radius 2 is 1.50 bits per heavy atom. The fourth-order valence-electron chi connectivity index (χ4n) is 1.53. The van der Waals surface area contributed by atoms with Crippen LogP contribution in [-0.2, 0) is 0 Å². The summed E-state index contributed by atoms with van der Waals surface area (Å²) in [4.78, 5) is 0. The van der Waals surface area contributed by atoms with E-state index in [9.17, 15) is 0 Å². The van der Waals surface area contributed by atoms with E-state index in [4.69, 9.17) is 5.73 Å². The van der Waals surface area contributed by atoms with Crippen molar-refractivity contribution < 1.29 is 0 Å². The van der Waals surface area contributed by atoms with Crippen LogP contribution in [0, 0.1) is 6.92 Å². The van der Waals surface area contributed by atoms with Gasteiger partial charge in [0.2, 0.25) is 0 Å². The maximum atomic E-state index is 5.83. The standard InChI is InChI=1S/C13H17N.C2H6/c1-9(2)13(11(4)14)12-7-5-10(3)6-8-12;1-2/h5-8H,1,14H2,2-4H3;1-2H3/b13-11-;. The minimum Gasteiger partial charge on any atom is -0.402 e. The van der Waals surface area contributed by atoms with Crippen LogP contribution in [0.2, 0.25) is 0 Å². The zero-order chi connectivity index (χ0) is 12.7. The van der Waals surface area contributed by atoms with Crippen molar-refractivity contribution in [3.63, 3.8) is 0 Å². The SMILES string of the molecule is C=C(C)/C(=C(\C)N)c1ccc(C)cc1.CC. The van der Waals surface area contributed by atoms with E-state index in [2.05, 4.69) is 37.8 Å². The van der Waals surface area contributed by atoms with Crippen LogP contribution in [0.1, 0.15) is 38.8 Å². The van der Waals surface area contributed by atoms with E-state index in [1.165, 1.54) is 5.56 Å².